The Morgan fingerprint density at radius 1 is 1.39 bits per heavy atom. The summed E-state index contributed by atoms with van der Waals surface area (Å²) in [4.78, 5) is 11.8. The van der Waals surface area contributed by atoms with E-state index in [-0.39, 0.29) is 11.4 Å². The maximum absolute atomic E-state index is 13.8. The zero-order valence-electron chi connectivity index (χ0n) is 13.3. The van der Waals surface area contributed by atoms with Crippen LogP contribution in [0.1, 0.15) is 26.7 Å². The van der Waals surface area contributed by atoms with Crippen LogP contribution in [0.2, 0.25) is 0 Å². The molecule has 1 aromatic rings. The molecule has 0 atom stereocenters. The summed E-state index contributed by atoms with van der Waals surface area (Å²) in [6, 6.07) is 3.40. The number of carbonyl (C=O) groups excluding carboxylic acids is 1. The van der Waals surface area contributed by atoms with Gasteiger partial charge in [0.2, 0.25) is 10.0 Å². The Kier molecular flexibility index (Phi) is 5.46. The van der Waals surface area contributed by atoms with E-state index < -0.39 is 21.9 Å². The highest BCUT2D eigenvalue weighted by molar-refractivity contribution is 7.93. The fraction of sp³-hybridized carbons (Fsp3) is 0.533. The number of rotatable bonds is 5. The highest BCUT2D eigenvalue weighted by atomic mass is 32.2. The van der Waals surface area contributed by atoms with Gasteiger partial charge in [0.05, 0.1) is 17.1 Å². The lowest BCUT2D eigenvalue weighted by Crippen LogP contribution is -2.30. The van der Waals surface area contributed by atoms with Gasteiger partial charge in [-0.15, -0.1) is 0 Å². The molecule has 1 aliphatic rings. The van der Waals surface area contributed by atoms with E-state index in [9.17, 15) is 17.6 Å². The second-order valence-corrected chi connectivity index (χ2v) is 7.98. The molecule has 0 unspecified atom stereocenters. The molecule has 0 aliphatic carbocycles. The predicted molar refractivity (Wildman–Crippen MR) is 88.6 cm³/mol. The van der Waals surface area contributed by atoms with Crippen molar-refractivity contribution in [1.29, 1.82) is 0 Å². The Labute approximate surface area is 136 Å². The molecule has 1 saturated heterocycles. The molecule has 0 bridgehead atoms. The number of nitrogens with zero attached hydrogens (tertiary/aromatic N) is 1. The van der Waals surface area contributed by atoms with Crippen molar-refractivity contribution in [2.24, 2.45) is 5.92 Å². The van der Waals surface area contributed by atoms with Crippen LogP contribution in [0.3, 0.4) is 0 Å². The summed E-state index contributed by atoms with van der Waals surface area (Å²) in [7, 11) is -3.34. The van der Waals surface area contributed by atoms with E-state index in [0.717, 1.165) is 12.5 Å². The molecule has 0 aromatic heterocycles. The zero-order valence-corrected chi connectivity index (χ0v) is 14.1. The molecule has 0 saturated carbocycles. The van der Waals surface area contributed by atoms with Gasteiger partial charge in [-0.3, -0.25) is 4.31 Å². The highest BCUT2D eigenvalue weighted by Crippen LogP contribution is 2.28. The summed E-state index contributed by atoms with van der Waals surface area (Å²) in [6.45, 7) is 4.94. The molecule has 23 heavy (non-hydrogen) atoms. The van der Waals surface area contributed by atoms with E-state index in [4.69, 9.17) is 0 Å². The van der Waals surface area contributed by atoms with Crippen molar-refractivity contribution in [2.45, 2.75) is 26.7 Å². The molecule has 6 nitrogen and oxygen atoms in total. The van der Waals surface area contributed by atoms with Gasteiger partial charge in [-0.1, -0.05) is 13.8 Å². The first-order valence-electron chi connectivity index (χ1n) is 7.64. The number of amides is 2. The summed E-state index contributed by atoms with van der Waals surface area (Å²) >= 11 is 0. The summed E-state index contributed by atoms with van der Waals surface area (Å²) < 4.78 is 38.9. The molecule has 1 aliphatic heterocycles. The van der Waals surface area contributed by atoms with Crippen molar-refractivity contribution in [3.8, 4) is 0 Å². The SMILES string of the molecule is CC(C)CCNC(=O)Nc1cc(N2CCCS2(=O)=O)ccc1F. The fourth-order valence-corrected chi connectivity index (χ4v) is 3.89. The first-order chi connectivity index (χ1) is 10.8. The normalized spacial score (nSPS) is 16.6. The Morgan fingerprint density at radius 3 is 2.74 bits per heavy atom. The van der Waals surface area contributed by atoms with Crippen LogP contribution in [-0.2, 0) is 10.0 Å². The first-order valence-corrected chi connectivity index (χ1v) is 9.25. The van der Waals surface area contributed by atoms with Crippen molar-refractivity contribution >= 4 is 27.4 Å². The molecule has 8 heteroatoms. The molecule has 2 amide bonds. The van der Waals surface area contributed by atoms with Gasteiger partial charge in [0.1, 0.15) is 5.82 Å². The van der Waals surface area contributed by atoms with Crippen LogP contribution in [0.25, 0.3) is 0 Å². The third-order valence-electron chi connectivity index (χ3n) is 3.59. The van der Waals surface area contributed by atoms with Gasteiger partial charge in [-0.25, -0.2) is 17.6 Å². The maximum Gasteiger partial charge on any atom is 0.319 e. The number of nitrogens with one attached hydrogen (secondary N) is 2. The Balaban J connectivity index is 2.07. The summed E-state index contributed by atoms with van der Waals surface area (Å²) in [5, 5.41) is 5.08. The van der Waals surface area contributed by atoms with E-state index in [2.05, 4.69) is 10.6 Å². The number of benzene rings is 1. The lowest BCUT2D eigenvalue weighted by Gasteiger charge is -2.18. The number of anilines is 2. The van der Waals surface area contributed by atoms with Crippen LogP contribution in [0.5, 0.6) is 0 Å². The first kappa shape index (κ1) is 17.5. The summed E-state index contributed by atoms with van der Waals surface area (Å²) in [5.74, 6) is -0.0666. The highest BCUT2D eigenvalue weighted by Gasteiger charge is 2.28. The Morgan fingerprint density at radius 2 is 2.13 bits per heavy atom. The molecular weight excluding hydrogens is 321 g/mol. The van der Waals surface area contributed by atoms with Crippen LogP contribution in [0, 0.1) is 11.7 Å². The topological polar surface area (TPSA) is 78.5 Å². The van der Waals surface area contributed by atoms with Crippen LogP contribution >= 0.6 is 0 Å². The second kappa shape index (κ2) is 7.16. The molecule has 1 fully saturated rings. The number of sulfonamides is 1. The van der Waals surface area contributed by atoms with E-state index in [1.807, 2.05) is 13.8 Å². The lowest BCUT2D eigenvalue weighted by molar-refractivity contribution is 0.251. The standard InChI is InChI=1S/C15H22FN3O3S/c1-11(2)6-7-17-15(20)18-14-10-12(4-5-13(14)16)19-8-3-9-23(19,21)22/h4-5,10-11H,3,6-9H2,1-2H3,(H2,17,18,20). The molecule has 0 spiro atoms. The molecular formula is C15H22FN3O3S. The van der Waals surface area contributed by atoms with Gasteiger partial charge in [0.15, 0.2) is 0 Å². The van der Waals surface area contributed by atoms with E-state index in [1.54, 1.807) is 0 Å². The van der Waals surface area contributed by atoms with Crippen molar-refractivity contribution in [2.75, 3.05) is 28.5 Å². The van der Waals surface area contributed by atoms with Crippen LogP contribution in [-0.4, -0.2) is 33.3 Å². The van der Waals surface area contributed by atoms with Crippen molar-refractivity contribution in [1.82, 2.24) is 5.32 Å². The lowest BCUT2D eigenvalue weighted by atomic mass is 10.1. The molecule has 2 rings (SSSR count). The van der Waals surface area contributed by atoms with Crippen molar-refractivity contribution < 1.29 is 17.6 Å². The average Bonchev–Trinajstić information content (AvgIpc) is 2.80. The molecule has 1 heterocycles. The Hall–Kier alpha value is -1.83. The minimum atomic E-state index is -3.34. The van der Waals surface area contributed by atoms with Crippen molar-refractivity contribution in [3.63, 3.8) is 0 Å². The van der Waals surface area contributed by atoms with Gasteiger partial charge in [-0.2, -0.15) is 0 Å². The molecule has 128 valence electrons. The maximum atomic E-state index is 13.8. The number of hydrogen-bond acceptors (Lipinski definition) is 3. The molecule has 1 aromatic carbocycles. The largest absolute Gasteiger partial charge is 0.338 e. The third-order valence-corrected chi connectivity index (χ3v) is 5.46. The van der Waals surface area contributed by atoms with Gasteiger partial charge >= 0.3 is 6.03 Å². The number of urea groups is 1. The van der Waals surface area contributed by atoms with Crippen LogP contribution < -0.4 is 14.9 Å². The zero-order chi connectivity index (χ0) is 17.0. The predicted octanol–water partition coefficient (Wildman–Crippen LogP) is 2.53. The van der Waals surface area contributed by atoms with Crippen molar-refractivity contribution in [3.05, 3.63) is 24.0 Å². The van der Waals surface area contributed by atoms with E-state index in [1.165, 1.54) is 16.4 Å². The number of hydrogen-bond donors (Lipinski definition) is 2. The smallest absolute Gasteiger partial charge is 0.319 e. The molecule has 0 radical (unpaired) electrons. The van der Waals surface area contributed by atoms with E-state index in [0.29, 0.717) is 31.1 Å². The quantitative estimate of drug-likeness (QED) is 0.862. The van der Waals surface area contributed by atoms with Gasteiger partial charge < -0.3 is 10.6 Å². The molecule has 2 N–H and O–H groups in total. The number of carbonyl (C=O) groups is 1. The average molecular weight is 343 g/mol. The van der Waals surface area contributed by atoms with Gasteiger partial charge in [-0.05, 0) is 37.0 Å². The van der Waals surface area contributed by atoms with E-state index >= 15 is 0 Å². The minimum absolute atomic E-state index is 0.0355. The van der Waals surface area contributed by atoms with Crippen LogP contribution in [0.4, 0.5) is 20.6 Å². The van der Waals surface area contributed by atoms with Gasteiger partial charge in [0.25, 0.3) is 0 Å². The third kappa shape index (κ3) is 4.57. The van der Waals surface area contributed by atoms with Crippen LogP contribution in [0.15, 0.2) is 18.2 Å². The van der Waals surface area contributed by atoms with Gasteiger partial charge in [0, 0.05) is 13.1 Å². The summed E-state index contributed by atoms with van der Waals surface area (Å²) in [5.41, 5.74) is 0.327. The Bertz CT molecular complexity index is 677. The monoisotopic (exact) mass is 343 g/mol. The minimum Gasteiger partial charge on any atom is -0.338 e. The second-order valence-electron chi connectivity index (χ2n) is 5.97. The number of halogens is 1. The summed E-state index contributed by atoms with van der Waals surface area (Å²) in [6.07, 6.45) is 1.36. The fourth-order valence-electron chi connectivity index (χ4n) is 2.33.